The van der Waals surface area contributed by atoms with Crippen LogP contribution in [0, 0.1) is 0 Å². The predicted molar refractivity (Wildman–Crippen MR) is 104 cm³/mol. The molecule has 0 amide bonds. The van der Waals surface area contributed by atoms with Gasteiger partial charge in [0.05, 0.1) is 22.8 Å². The summed E-state index contributed by atoms with van der Waals surface area (Å²) in [6.07, 6.45) is 1.11. The number of aliphatic hydroxyl groups excluding tert-OH is 1. The van der Waals surface area contributed by atoms with E-state index in [1.807, 2.05) is 56.3 Å². The molecule has 0 radical (unpaired) electrons. The van der Waals surface area contributed by atoms with Crippen LogP contribution in [-0.4, -0.2) is 30.9 Å². The van der Waals surface area contributed by atoms with Crippen LogP contribution in [0.4, 0.5) is 0 Å². The largest absolute Gasteiger partial charge is 0.393 e. The van der Waals surface area contributed by atoms with Crippen LogP contribution < -0.4 is 5.32 Å². The van der Waals surface area contributed by atoms with Gasteiger partial charge in [-0.25, -0.2) is 8.42 Å². The molecule has 0 bridgehead atoms. The van der Waals surface area contributed by atoms with Crippen LogP contribution in [0.2, 0.25) is 0 Å². The topological polar surface area (TPSA) is 66.4 Å². The Morgan fingerprint density at radius 2 is 1.77 bits per heavy atom. The van der Waals surface area contributed by atoms with E-state index in [0.717, 1.165) is 11.1 Å². The number of rotatable bonds is 5. The Bertz CT molecular complexity index is 851. The van der Waals surface area contributed by atoms with Crippen molar-refractivity contribution in [3.8, 4) is 0 Å². The molecule has 1 aliphatic rings. The molecule has 26 heavy (non-hydrogen) atoms. The van der Waals surface area contributed by atoms with E-state index in [-0.39, 0.29) is 11.8 Å². The van der Waals surface area contributed by atoms with E-state index < -0.39 is 21.5 Å². The van der Waals surface area contributed by atoms with Gasteiger partial charge in [-0.3, -0.25) is 5.32 Å². The number of sulfone groups is 1. The fourth-order valence-corrected chi connectivity index (χ4v) is 5.96. The summed E-state index contributed by atoms with van der Waals surface area (Å²) in [6, 6.07) is 16.9. The molecule has 1 heterocycles. The van der Waals surface area contributed by atoms with Crippen molar-refractivity contribution in [3.63, 3.8) is 0 Å². The zero-order chi connectivity index (χ0) is 18.8. The van der Waals surface area contributed by atoms with Crippen LogP contribution >= 0.6 is 0 Å². The van der Waals surface area contributed by atoms with Crippen molar-refractivity contribution in [1.29, 1.82) is 0 Å². The van der Waals surface area contributed by atoms with Crippen molar-refractivity contribution in [2.75, 3.05) is 5.75 Å². The van der Waals surface area contributed by atoms with Crippen LogP contribution in [0.3, 0.4) is 0 Å². The Hall–Kier alpha value is -1.69. The Morgan fingerprint density at radius 1 is 1.12 bits per heavy atom. The maximum absolute atomic E-state index is 13.2. The molecule has 0 spiro atoms. The van der Waals surface area contributed by atoms with Gasteiger partial charge in [0, 0.05) is 5.54 Å². The first kappa shape index (κ1) is 19.1. The summed E-state index contributed by atoms with van der Waals surface area (Å²) in [5.74, 6) is -0.00604. The highest BCUT2D eigenvalue weighted by atomic mass is 32.2. The van der Waals surface area contributed by atoms with Gasteiger partial charge in [0.1, 0.15) is 0 Å². The summed E-state index contributed by atoms with van der Waals surface area (Å²) in [5.41, 5.74) is 1.13. The Balaban J connectivity index is 2.18. The van der Waals surface area contributed by atoms with Crippen LogP contribution in [0.15, 0.2) is 59.5 Å². The van der Waals surface area contributed by atoms with E-state index in [9.17, 15) is 13.5 Å². The zero-order valence-corrected chi connectivity index (χ0v) is 16.2. The average Bonchev–Trinajstić information content (AvgIpc) is 2.75. The SMILES string of the molecule is CC[C@@H](O)C[C@@]1(CC)CS(=O)(=O)c2ccccc2[C@H](c2ccccc2)N1. The van der Waals surface area contributed by atoms with Gasteiger partial charge in [0.15, 0.2) is 9.84 Å². The molecule has 0 saturated carbocycles. The van der Waals surface area contributed by atoms with E-state index in [1.165, 1.54) is 0 Å². The van der Waals surface area contributed by atoms with Gasteiger partial charge in [-0.05, 0) is 36.5 Å². The maximum Gasteiger partial charge on any atom is 0.180 e. The third-order valence-corrected chi connectivity index (χ3v) is 7.36. The van der Waals surface area contributed by atoms with Crippen molar-refractivity contribution in [2.24, 2.45) is 0 Å². The van der Waals surface area contributed by atoms with Gasteiger partial charge in [0.2, 0.25) is 0 Å². The molecule has 1 aliphatic heterocycles. The Morgan fingerprint density at radius 3 is 2.42 bits per heavy atom. The monoisotopic (exact) mass is 373 g/mol. The summed E-state index contributed by atoms with van der Waals surface area (Å²) < 4.78 is 26.4. The van der Waals surface area contributed by atoms with Crippen LogP contribution in [0.25, 0.3) is 0 Å². The molecule has 0 aromatic heterocycles. The number of fused-ring (bicyclic) bond motifs is 1. The first-order chi connectivity index (χ1) is 12.4. The molecule has 2 aromatic carbocycles. The molecule has 2 aromatic rings. The molecular formula is C21H27NO3S. The Labute approximate surface area is 156 Å². The molecular weight excluding hydrogens is 346 g/mol. The summed E-state index contributed by atoms with van der Waals surface area (Å²) in [4.78, 5) is 0.391. The van der Waals surface area contributed by atoms with Crippen molar-refractivity contribution in [2.45, 2.75) is 55.7 Å². The van der Waals surface area contributed by atoms with Crippen LogP contribution in [0.5, 0.6) is 0 Å². The number of benzene rings is 2. The number of nitrogens with one attached hydrogen (secondary N) is 1. The van der Waals surface area contributed by atoms with Crippen molar-refractivity contribution in [3.05, 3.63) is 65.7 Å². The first-order valence-electron chi connectivity index (χ1n) is 9.23. The second-order valence-electron chi connectivity index (χ2n) is 7.19. The van der Waals surface area contributed by atoms with E-state index in [0.29, 0.717) is 24.2 Å². The summed E-state index contributed by atoms with van der Waals surface area (Å²) >= 11 is 0. The Kier molecular flexibility index (Phi) is 5.51. The normalized spacial score (nSPS) is 25.9. The molecule has 0 aliphatic carbocycles. The molecule has 140 valence electrons. The van der Waals surface area contributed by atoms with Crippen molar-refractivity contribution >= 4 is 9.84 Å². The molecule has 4 nitrogen and oxygen atoms in total. The minimum Gasteiger partial charge on any atom is -0.393 e. The van der Waals surface area contributed by atoms with Gasteiger partial charge in [-0.1, -0.05) is 62.4 Å². The lowest BCUT2D eigenvalue weighted by atomic mass is 9.87. The third-order valence-electron chi connectivity index (χ3n) is 5.39. The fourth-order valence-electron chi connectivity index (χ4n) is 3.84. The number of hydrogen-bond donors (Lipinski definition) is 2. The molecule has 0 saturated heterocycles. The van der Waals surface area contributed by atoms with Gasteiger partial charge in [-0.2, -0.15) is 0 Å². The molecule has 3 atom stereocenters. The van der Waals surface area contributed by atoms with Gasteiger partial charge >= 0.3 is 0 Å². The lowest BCUT2D eigenvalue weighted by Gasteiger charge is -2.37. The van der Waals surface area contributed by atoms with Crippen molar-refractivity contribution < 1.29 is 13.5 Å². The van der Waals surface area contributed by atoms with Gasteiger partial charge in [-0.15, -0.1) is 0 Å². The van der Waals surface area contributed by atoms with Gasteiger partial charge in [0.25, 0.3) is 0 Å². The van der Waals surface area contributed by atoms with E-state index >= 15 is 0 Å². The molecule has 3 rings (SSSR count). The predicted octanol–water partition coefficient (Wildman–Crippen LogP) is 3.46. The number of aliphatic hydroxyl groups is 1. The fraction of sp³-hybridized carbons (Fsp3) is 0.429. The average molecular weight is 374 g/mol. The lowest BCUT2D eigenvalue weighted by molar-refractivity contribution is 0.115. The van der Waals surface area contributed by atoms with Crippen molar-refractivity contribution in [1.82, 2.24) is 5.32 Å². The number of hydrogen-bond acceptors (Lipinski definition) is 4. The molecule has 5 heteroatoms. The van der Waals surface area contributed by atoms with Gasteiger partial charge < -0.3 is 5.11 Å². The third kappa shape index (κ3) is 3.70. The minimum absolute atomic E-state index is 0.00604. The quantitative estimate of drug-likeness (QED) is 0.842. The van der Waals surface area contributed by atoms with Crippen LogP contribution in [-0.2, 0) is 9.84 Å². The summed E-state index contributed by atoms with van der Waals surface area (Å²) in [6.45, 7) is 3.91. The van der Waals surface area contributed by atoms with E-state index in [1.54, 1.807) is 12.1 Å². The highest BCUT2D eigenvalue weighted by molar-refractivity contribution is 7.91. The minimum atomic E-state index is -3.47. The second kappa shape index (κ2) is 7.51. The maximum atomic E-state index is 13.2. The smallest absolute Gasteiger partial charge is 0.180 e. The van der Waals surface area contributed by atoms with E-state index in [2.05, 4.69) is 5.32 Å². The van der Waals surface area contributed by atoms with Crippen LogP contribution in [0.1, 0.15) is 50.3 Å². The van der Waals surface area contributed by atoms with E-state index in [4.69, 9.17) is 0 Å². The second-order valence-corrected chi connectivity index (χ2v) is 9.14. The standard InChI is InChI=1S/C21H27NO3S/c1-3-17(23)14-21(4-2)15-26(24,25)19-13-9-8-12-18(19)20(22-21)16-10-6-5-7-11-16/h5-13,17,20,22-23H,3-4,14-15H2,1-2H3/t17-,20+,21+/m1/s1. The zero-order valence-electron chi connectivity index (χ0n) is 15.4. The summed E-state index contributed by atoms with van der Waals surface area (Å²) in [7, 11) is -3.47. The molecule has 0 unspecified atom stereocenters. The lowest BCUT2D eigenvalue weighted by Crippen LogP contribution is -2.52. The highest BCUT2D eigenvalue weighted by Gasteiger charge is 2.42. The first-order valence-corrected chi connectivity index (χ1v) is 10.9. The highest BCUT2D eigenvalue weighted by Crippen LogP contribution is 2.37. The molecule has 2 N–H and O–H groups in total. The molecule has 0 fully saturated rings. The summed E-state index contributed by atoms with van der Waals surface area (Å²) in [5, 5.41) is 13.9.